The second kappa shape index (κ2) is 5.85. The van der Waals surface area contributed by atoms with E-state index < -0.39 is 0 Å². The summed E-state index contributed by atoms with van der Waals surface area (Å²) in [5, 5.41) is 0. The van der Waals surface area contributed by atoms with Crippen LogP contribution >= 0.6 is 15.9 Å². The Kier molecular flexibility index (Phi) is 3.90. The van der Waals surface area contributed by atoms with Gasteiger partial charge in [0.25, 0.3) is 0 Å². The number of methoxy groups -OCH3 is 2. The van der Waals surface area contributed by atoms with Gasteiger partial charge in [-0.3, -0.25) is 4.79 Å². The number of halogens is 1. The van der Waals surface area contributed by atoms with Gasteiger partial charge in [-0.1, -0.05) is 15.9 Å². The maximum absolute atomic E-state index is 12.4. The van der Waals surface area contributed by atoms with Gasteiger partial charge >= 0.3 is 0 Å². The molecule has 5 heteroatoms. The quantitative estimate of drug-likeness (QED) is 0.773. The molecule has 0 aromatic heterocycles. The van der Waals surface area contributed by atoms with Crippen LogP contribution in [0, 0.1) is 0 Å². The van der Waals surface area contributed by atoms with Crippen LogP contribution in [0.15, 0.2) is 46.6 Å². The Morgan fingerprint density at radius 3 is 2.64 bits per heavy atom. The molecule has 4 nitrogen and oxygen atoms in total. The number of hydrogen-bond acceptors (Lipinski definition) is 4. The normalized spacial score (nSPS) is 14.7. The molecule has 0 bridgehead atoms. The Balaban J connectivity index is 2.02. The highest BCUT2D eigenvalue weighted by Crippen LogP contribution is 2.35. The highest BCUT2D eigenvalue weighted by molar-refractivity contribution is 9.10. The predicted molar refractivity (Wildman–Crippen MR) is 86.6 cm³/mol. The summed E-state index contributed by atoms with van der Waals surface area (Å²) in [7, 11) is 3.16. The lowest BCUT2D eigenvalue weighted by molar-refractivity contribution is 0.101. The maximum atomic E-state index is 12.4. The number of ketones is 1. The Labute approximate surface area is 136 Å². The fourth-order valence-corrected chi connectivity index (χ4v) is 2.62. The van der Waals surface area contributed by atoms with Crippen molar-refractivity contribution in [2.24, 2.45) is 0 Å². The van der Waals surface area contributed by atoms with Crippen LogP contribution in [0.25, 0.3) is 6.08 Å². The maximum Gasteiger partial charge on any atom is 0.232 e. The lowest BCUT2D eigenvalue weighted by atomic mass is 10.1. The zero-order valence-corrected chi connectivity index (χ0v) is 13.6. The van der Waals surface area contributed by atoms with E-state index in [2.05, 4.69) is 15.9 Å². The molecule has 22 heavy (non-hydrogen) atoms. The van der Waals surface area contributed by atoms with Gasteiger partial charge in [0, 0.05) is 10.0 Å². The summed E-state index contributed by atoms with van der Waals surface area (Å²) < 4.78 is 17.0. The van der Waals surface area contributed by atoms with Crippen molar-refractivity contribution in [3.05, 3.63) is 57.8 Å². The first kappa shape index (κ1) is 14.7. The zero-order valence-electron chi connectivity index (χ0n) is 12.1. The van der Waals surface area contributed by atoms with Crippen LogP contribution in [-0.2, 0) is 0 Å². The SMILES string of the molecule is COc1ccc(OC)c(/C=C2\Oc3ccc(Br)cc3C2=O)c1. The van der Waals surface area contributed by atoms with E-state index in [0.29, 0.717) is 22.8 Å². The van der Waals surface area contributed by atoms with Crippen molar-refractivity contribution < 1.29 is 19.0 Å². The van der Waals surface area contributed by atoms with Gasteiger partial charge < -0.3 is 14.2 Å². The molecule has 0 saturated carbocycles. The summed E-state index contributed by atoms with van der Waals surface area (Å²) in [5.74, 6) is 1.99. The lowest BCUT2D eigenvalue weighted by Crippen LogP contribution is -1.99. The topological polar surface area (TPSA) is 44.8 Å². The van der Waals surface area contributed by atoms with Gasteiger partial charge in [-0.2, -0.15) is 0 Å². The van der Waals surface area contributed by atoms with Crippen LogP contribution in [0.1, 0.15) is 15.9 Å². The molecular formula is C17H13BrO4. The average molecular weight is 361 g/mol. The van der Waals surface area contributed by atoms with E-state index in [1.54, 1.807) is 50.6 Å². The molecule has 3 rings (SSSR count). The molecule has 0 atom stereocenters. The standard InChI is InChI=1S/C17H13BrO4/c1-20-12-4-6-14(21-2)10(7-12)8-16-17(19)13-9-11(18)3-5-15(13)22-16/h3-9H,1-2H3/b16-8-. The Bertz CT molecular complexity index is 780. The number of carbonyl (C=O) groups is 1. The van der Waals surface area contributed by atoms with E-state index in [1.807, 2.05) is 6.07 Å². The number of Topliss-reactive ketones (excluding diaryl/α,β-unsaturated/α-hetero) is 1. The molecule has 0 unspecified atom stereocenters. The molecular weight excluding hydrogens is 348 g/mol. The van der Waals surface area contributed by atoms with E-state index in [4.69, 9.17) is 14.2 Å². The monoisotopic (exact) mass is 360 g/mol. The largest absolute Gasteiger partial charge is 0.497 e. The number of hydrogen-bond donors (Lipinski definition) is 0. The van der Waals surface area contributed by atoms with E-state index in [1.165, 1.54) is 0 Å². The van der Waals surface area contributed by atoms with Crippen molar-refractivity contribution in [2.75, 3.05) is 14.2 Å². The molecule has 0 radical (unpaired) electrons. The number of ether oxygens (including phenoxy) is 3. The summed E-state index contributed by atoms with van der Waals surface area (Å²) in [5.41, 5.74) is 1.26. The number of rotatable bonds is 3. The van der Waals surface area contributed by atoms with Crippen LogP contribution in [0.3, 0.4) is 0 Å². The van der Waals surface area contributed by atoms with Crippen LogP contribution in [0.2, 0.25) is 0 Å². The van der Waals surface area contributed by atoms with Crippen molar-refractivity contribution in [1.82, 2.24) is 0 Å². The summed E-state index contributed by atoms with van der Waals surface area (Å²) in [6.07, 6.45) is 1.66. The molecule has 0 saturated heterocycles. The summed E-state index contributed by atoms with van der Waals surface area (Å²) in [6, 6.07) is 10.7. The number of allylic oxidation sites excluding steroid dienone is 1. The number of fused-ring (bicyclic) bond motifs is 1. The highest BCUT2D eigenvalue weighted by Gasteiger charge is 2.27. The zero-order chi connectivity index (χ0) is 15.7. The van der Waals surface area contributed by atoms with E-state index in [9.17, 15) is 4.79 Å². The Morgan fingerprint density at radius 1 is 1.09 bits per heavy atom. The lowest BCUT2D eigenvalue weighted by Gasteiger charge is -2.07. The fourth-order valence-electron chi connectivity index (χ4n) is 2.25. The van der Waals surface area contributed by atoms with Crippen LogP contribution in [0.5, 0.6) is 17.2 Å². The summed E-state index contributed by atoms with van der Waals surface area (Å²) in [6.45, 7) is 0. The smallest absolute Gasteiger partial charge is 0.232 e. The molecule has 1 aliphatic heterocycles. The van der Waals surface area contributed by atoms with Crippen molar-refractivity contribution in [3.63, 3.8) is 0 Å². The van der Waals surface area contributed by atoms with Gasteiger partial charge in [-0.15, -0.1) is 0 Å². The molecule has 0 N–H and O–H groups in total. The van der Waals surface area contributed by atoms with Gasteiger partial charge in [-0.25, -0.2) is 0 Å². The third kappa shape index (κ3) is 2.60. The van der Waals surface area contributed by atoms with Crippen LogP contribution in [0.4, 0.5) is 0 Å². The third-order valence-corrected chi connectivity index (χ3v) is 3.85. The molecule has 0 amide bonds. The molecule has 1 heterocycles. The second-order valence-electron chi connectivity index (χ2n) is 4.69. The van der Waals surface area contributed by atoms with Crippen molar-refractivity contribution in [2.45, 2.75) is 0 Å². The molecule has 2 aromatic rings. The summed E-state index contributed by atoms with van der Waals surface area (Å²) >= 11 is 3.36. The fraction of sp³-hybridized carbons (Fsp3) is 0.118. The van der Waals surface area contributed by atoms with Crippen molar-refractivity contribution in [1.29, 1.82) is 0 Å². The predicted octanol–water partition coefficient (Wildman–Crippen LogP) is 4.08. The van der Waals surface area contributed by atoms with Gasteiger partial charge in [0.15, 0.2) is 5.76 Å². The Hall–Kier alpha value is -2.27. The first-order valence-electron chi connectivity index (χ1n) is 6.58. The first-order valence-corrected chi connectivity index (χ1v) is 7.37. The minimum Gasteiger partial charge on any atom is -0.497 e. The van der Waals surface area contributed by atoms with Gasteiger partial charge in [-0.05, 0) is 42.5 Å². The minimum absolute atomic E-state index is 0.152. The van der Waals surface area contributed by atoms with Crippen molar-refractivity contribution in [3.8, 4) is 17.2 Å². The molecule has 2 aromatic carbocycles. The summed E-state index contributed by atoms with van der Waals surface area (Å²) in [4.78, 5) is 12.4. The molecule has 0 spiro atoms. The van der Waals surface area contributed by atoms with E-state index in [0.717, 1.165) is 10.0 Å². The van der Waals surface area contributed by atoms with Gasteiger partial charge in [0.1, 0.15) is 17.2 Å². The van der Waals surface area contributed by atoms with E-state index >= 15 is 0 Å². The van der Waals surface area contributed by atoms with Gasteiger partial charge in [0.05, 0.1) is 19.8 Å². The molecule has 0 aliphatic carbocycles. The average Bonchev–Trinajstić information content (AvgIpc) is 2.83. The molecule has 1 aliphatic rings. The van der Waals surface area contributed by atoms with Crippen LogP contribution in [-0.4, -0.2) is 20.0 Å². The molecule has 0 fully saturated rings. The number of benzene rings is 2. The van der Waals surface area contributed by atoms with Gasteiger partial charge in [0.2, 0.25) is 5.78 Å². The van der Waals surface area contributed by atoms with Crippen LogP contribution < -0.4 is 14.2 Å². The van der Waals surface area contributed by atoms with Crippen molar-refractivity contribution >= 4 is 27.8 Å². The molecule has 112 valence electrons. The minimum atomic E-state index is -0.152. The highest BCUT2D eigenvalue weighted by atomic mass is 79.9. The Morgan fingerprint density at radius 2 is 1.91 bits per heavy atom. The van der Waals surface area contributed by atoms with E-state index in [-0.39, 0.29) is 11.5 Å². The second-order valence-corrected chi connectivity index (χ2v) is 5.60. The number of carbonyl (C=O) groups excluding carboxylic acids is 1. The third-order valence-electron chi connectivity index (χ3n) is 3.35. The first-order chi connectivity index (χ1) is 10.6.